The van der Waals surface area contributed by atoms with Crippen LogP contribution in [0.2, 0.25) is 0 Å². The lowest BCUT2D eigenvalue weighted by Gasteiger charge is -1.99. The highest BCUT2D eigenvalue weighted by Gasteiger charge is 2.09. The predicted molar refractivity (Wildman–Crippen MR) is 28.7 cm³/mol. The van der Waals surface area contributed by atoms with Gasteiger partial charge in [0.1, 0.15) is 0 Å². The summed E-state index contributed by atoms with van der Waals surface area (Å²) in [5.41, 5.74) is 0. The number of carbonyl (C=O) groups is 1. The highest BCUT2D eigenvalue weighted by Crippen LogP contribution is 1.93. The molecule has 0 heterocycles. The van der Waals surface area contributed by atoms with Crippen LogP contribution in [0.25, 0.3) is 0 Å². The molecule has 1 N–H and O–H groups in total. The zero-order valence-corrected chi connectivity index (χ0v) is 5.00. The van der Waals surface area contributed by atoms with Gasteiger partial charge in [0.2, 0.25) is 0 Å². The molecule has 9 heavy (non-hydrogen) atoms. The molecule has 0 aliphatic rings. The number of carboxylic acids is 1. The smallest absolute Gasteiger partial charge is 0.307 e. The molecular weight excluding hydrogens is 122 g/mol. The number of hydrogen-bond acceptors (Lipinski definition) is 3. The average Bonchev–Trinajstić information content (AvgIpc) is 1.82. The molecule has 1 atom stereocenters. The zero-order chi connectivity index (χ0) is 7.28. The Labute approximate surface area is 52.7 Å². The first kappa shape index (κ1) is 7.92. The number of nitrogens with zero attached hydrogens (tertiary/aromatic N) is 1. The van der Waals surface area contributed by atoms with E-state index in [1.54, 1.807) is 6.07 Å². The number of aliphatic carboxylic acids is 1. The SMILES string of the molecule is COC(C#N)CC(=O)O. The van der Waals surface area contributed by atoms with E-state index in [4.69, 9.17) is 10.4 Å². The van der Waals surface area contributed by atoms with Gasteiger partial charge in [-0.15, -0.1) is 0 Å². The first-order chi connectivity index (χ1) is 4.20. The topological polar surface area (TPSA) is 70.3 Å². The van der Waals surface area contributed by atoms with E-state index in [2.05, 4.69) is 4.74 Å². The second-order valence-electron chi connectivity index (χ2n) is 1.45. The first-order valence-electron chi connectivity index (χ1n) is 2.35. The number of rotatable bonds is 3. The summed E-state index contributed by atoms with van der Waals surface area (Å²) >= 11 is 0. The van der Waals surface area contributed by atoms with E-state index in [0.29, 0.717) is 0 Å². The van der Waals surface area contributed by atoms with Gasteiger partial charge in [-0.3, -0.25) is 4.79 Å². The van der Waals surface area contributed by atoms with Crippen molar-refractivity contribution in [3.05, 3.63) is 0 Å². The van der Waals surface area contributed by atoms with Crippen LogP contribution in [-0.2, 0) is 9.53 Å². The summed E-state index contributed by atoms with van der Waals surface area (Å²) in [6.45, 7) is 0. The lowest BCUT2D eigenvalue weighted by Crippen LogP contribution is -2.12. The summed E-state index contributed by atoms with van der Waals surface area (Å²) in [5.74, 6) is -1.02. The van der Waals surface area contributed by atoms with E-state index in [0.717, 1.165) is 0 Å². The molecule has 0 saturated carbocycles. The second kappa shape index (κ2) is 3.87. The Bertz CT molecular complexity index is 138. The van der Waals surface area contributed by atoms with E-state index in [1.807, 2.05) is 0 Å². The summed E-state index contributed by atoms with van der Waals surface area (Å²) < 4.78 is 4.47. The van der Waals surface area contributed by atoms with Crippen LogP contribution in [0.1, 0.15) is 6.42 Å². The highest BCUT2D eigenvalue weighted by molar-refractivity contribution is 5.67. The van der Waals surface area contributed by atoms with Gasteiger partial charge >= 0.3 is 5.97 Å². The number of ether oxygens (including phenoxy) is 1. The fourth-order valence-corrected chi connectivity index (χ4v) is 0.340. The van der Waals surface area contributed by atoms with Crippen molar-refractivity contribution in [1.82, 2.24) is 0 Å². The molecule has 0 amide bonds. The number of hydrogen-bond donors (Lipinski definition) is 1. The fraction of sp³-hybridized carbons (Fsp3) is 0.600. The fourth-order valence-electron chi connectivity index (χ4n) is 0.340. The van der Waals surface area contributed by atoms with Crippen LogP contribution < -0.4 is 0 Å². The summed E-state index contributed by atoms with van der Waals surface area (Å²) in [5, 5.41) is 16.3. The molecule has 0 rings (SSSR count). The Balaban J connectivity index is 3.60. The highest BCUT2D eigenvalue weighted by atomic mass is 16.5. The number of methoxy groups -OCH3 is 1. The molecule has 0 aromatic rings. The van der Waals surface area contributed by atoms with Gasteiger partial charge in [0.15, 0.2) is 6.10 Å². The van der Waals surface area contributed by atoms with Gasteiger partial charge in [-0.2, -0.15) is 5.26 Å². The quantitative estimate of drug-likeness (QED) is 0.582. The third-order valence-electron chi connectivity index (χ3n) is 0.789. The molecule has 4 heteroatoms. The molecule has 0 aromatic heterocycles. The van der Waals surface area contributed by atoms with Crippen molar-refractivity contribution >= 4 is 5.97 Å². The van der Waals surface area contributed by atoms with Crippen molar-refractivity contribution in [3.63, 3.8) is 0 Å². The molecule has 0 spiro atoms. The molecule has 0 aliphatic heterocycles. The maximum Gasteiger partial charge on any atom is 0.307 e. The average molecular weight is 129 g/mol. The molecule has 0 radical (unpaired) electrons. The largest absolute Gasteiger partial charge is 0.481 e. The molecular formula is C5H7NO3. The van der Waals surface area contributed by atoms with E-state index in [9.17, 15) is 4.79 Å². The van der Waals surface area contributed by atoms with Crippen molar-refractivity contribution in [2.24, 2.45) is 0 Å². The molecule has 0 saturated heterocycles. The summed E-state index contributed by atoms with van der Waals surface area (Å²) in [7, 11) is 1.30. The first-order valence-corrected chi connectivity index (χ1v) is 2.35. The van der Waals surface area contributed by atoms with Gasteiger partial charge in [0, 0.05) is 7.11 Å². The van der Waals surface area contributed by atoms with Gasteiger partial charge < -0.3 is 9.84 Å². The Hall–Kier alpha value is -1.08. The van der Waals surface area contributed by atoms with Crippen LogP contribution in [0, 0.1) is 11.3 Å². The number of nitriles is 1. The van der Waals surface area contributed by atoms with Gasteiger partial charge in [-0.1, -0.05) is 0 Å². The Kier molecular flexibility index (Phi) is 3.40. The van der Waals surface area contributed by atoms with Gasteiger partial charge in [0.25, 0.3) is 0 Å². The molecule has 4 nitrogen and oxygen atoms in total. The third-order valence-corrected chi connectivity index (χ3v) is 0.789. The molecule has 50 valence electrons. The minimum atomic E-state index is -1.02. The van der Waals surface area contributed by atoms with E-state index in [-0.39, 0.29) is 6.42 Å². The lowest BCUT2D eigenvalue weighted by molar-refractivity contribution is -0.138. The van der Waals surface area contributed by atoms with Crippen molar-refractivity contribution in [3.8, 4) is 6.07 Å². The van der Waals surface area contributed by atoms with Crippen LogP contribution in [0.3, 0.4) is 0 Å². The lowest BCUT2D eigenvalue weighted by atomic mass is 10.3. The van der Waals surface area contributed by atoms with Crippen LogP contribution in [-0.4, -0.2) is 24.3 Å². The minimum Gasteiger partial charge on any atom is -0.481 e. The monoisotopic (exact) mass is 129 g/mol. The molecule has 0 fully saturated rings. The van der Waals surface area contributed by atoms with Crippen LogP contribution in [0.4, 0.5) is 0 Å². The van der Waals surface area contributed by atoms with E-state index in [1.165, 1.54) is 7.11 Å². The van der Waals surface area contributed by atoms with Gasteiger partial charge in [-0.25, -0.2) is 0 Å². The maximum atomic E-state index is 9.90. The predicted octanol–water partition coefficient (Wildman–Crippen LogP) is -0.000320. The number of carboxylic acid groups (broad SMARTS) is 1. The van der Waals surface area contributed by atoms with Crippen molar-refractivity contribution in [2.45, 2.75) is 12.5 Å². The molecule has 0 aromatic carbocycles. The van der Waals surface area contributed by atoms with Crippen LogP contribution in [0.15, 0.2) is 0 Å². The Morgan fingerprint density at radius 1 is 2.00 bits per heavy atom. The standard InChI is InChI=1S/C5H7NO3/c1-9-4(3-6)2-5(7)8/h4H,2H2,1H3,(H,7,8). The van der Waals surface area contributed by atoms with E-state index >= 15 is 0 Å². The van der Waals surface area contributed by atoms with Gasteiger partial charge in [0.05, 0.1) is 12.5 Å². The maximum absolute atomic E-state index is 9.90. The van der Waals surface area contributed by atoms with E-state index < -0.39 is 12.1 Å². The Morgan fingerprint density at radius 3 is 2.67 bits per heavy atom. The van der Waals surface area contributed by atoms with Crippen LogP contribution in [0.5, 0.6) is 0 Å². The normalized spacial score (nSPS) is 12.0. The van der Waals surface area contributed by atoms with Crippen molar-refractivity contribution in [2.75, 3.05) is 7.11 Å². The summed E-state index contributed by atoms with van der Waals surface area (Å²) in [6, 6.07) is 1.68. The zero-order valence-electron chi connectivity index (χ0n) is 5.00. The molecule has 0 aliphatic carbocycles. The molecule has 1 unspecified atom stereocenters. The van der Waals surface area contributed by atoms with Crippen LogP contribution >= 0.6 is 0 Å². The third kappa shape index (κ3) is 3.50. The van der Waals surface area contributed by atoms with Crippen molar-refractivity contribution in [1.29, 1.82) is 5.26 Å². The van der Waals surface area contributed by atoms with Gasteiger partial charge in [-0.05, 0) is 0 Å². The minimum absolute atomic E-state index is 0.257. The second-order valence-corrected chi connectivity index (χ2v) is 1.45. The summed E-state index contributed by atoms with van der Waals surface area (Å²) in [4.78, 5) is 9.90. The summed E-state index contributed by atoms with van der Waals surface area (Å²) in [6.07, 6.45) is -1.07. The molecule has 0 bridgehead atoms. The van der Waals surface area contributed by atoms with Crippen molar-refractivity contribution < 1.29 is 14.6 Å². The Morgan fingerprint density at radius 2 is 2.56 bits per heavy atom.